The highest BCUT2D eigenvalue weighted by molar-refractivity contribution is 5.98. The number of nitrogens with zero attached hydrogens (tertiary/aromatic N) is 2. The molecule has 1 amide bonds. The number of pyridine rings is 1. The first kappa shape index (κ1) is 23.6. The molecule has 0 spiro atoms. The van der Waals surface area contributed by atoms with Crippen molar-refractivity contribution in [2.75, 3.05) is 6.61 Å². The Balaban J connectivity index is 1.61. The zero-order chi connectivity index (χ0) is 24.4. The summed E-state index contributed by atoms with van der Waals surface area (Å²) in [5, 5.41) is 0. The fraction of sp³-hybridized carbons (Fsp3) is 0.536. The summed E-state index contributed by atoms with van der Waals surface area (Å²) in [6.07, 6.45) is 10.4. The molecule has 7 heteroatoms. The van der Waals surface area contributed by atoms with E-state index in [1.165, 1.54) is 19.0 Å². The van der Waals surface area contributed by atoms with Gasteiger partial charge >= 0.3 is 5.97 Å². The van der Waals surface area contributed by atoms with Crippen molar-refractivity contribution in [3.05, 3.63) is 63.6 Å². The van der Waals surface area contributed by atoms with E-state index >= 15 is 0 Å². The van der Waals surface area contributed by atoms with E-state index in [1.807, 2.05) is 30.3 Å². The van der Waals surface area contributed by atoms with Crippen molar-refractivity contribution in [2.45, 2.75) is 83.5 Å². The number of ether oxygens (including phenoxy) is 2. The average molecular weight is 479 g/mol. The van der Waals surface area contributed by atoms with Crippen LogP contribution in [0.4, 0.5) is 0 Å². The molecule has 2 saturated heterocycles. The monoisotopic (exact) mass is 478 g/mol. The van der Waals surface area contributed by atoms with E-state index < -0.39 is 11.4 Å². The molecule has 0 N–H and O–H groups in total. The molecule has 3 aliphatic rings. The first-order chi connectivity index (χ1) is 17.1. The summed E-state index contributed by atoms with van der Waals surface area (Å²) in [5.41, 5.74) is 0.489. The van der Waals surface area contributed by atoms with Crippen LogP contribution in [0.3, 0.4) is 0 Å². The number of amides is 1. The first-order valence-electron chi connectivity index (χ1n) is 13.0. The molecular formula is C28H34N2O5. The number of esters is 1. The molecule has 5 rings (SSSR count). The minimum absolute atomic E-state index is 0.0442. The van der Waals surface area contributed by atoms with Crippen molar-refractivity contribution in [1.29, 1.82) is 0 Å². The van der Waals surface area contributed by atoms with Gasteiger partial charge in [0.2, 0.25) is 5.43 Å². The lowest BCUT2D eigenvalue weighted by atomic mass is 9.88. The second-order valence-corrected chi connectivity index (χ2v) is 9.96. The van der Waals surface area contributed by atoms with E-state index in [-0.39, 0.29) is 48.2 Å². The summed E-state index contributed by atoms with van der Waals surface area (Å²) >= 11 is 0. The SMILES string of the molecule is CCOC(=O)c1cn2c(c(OCc3ccccc3)c1=O)C(=O)N1C3CCCCCC(CCC3)C1C2. The molecule has 0 saturated carbocycles. The summed E-state index contributed by atoms with van der Waals surface area (Å²) in [5.74, 6) is -0.442. The van der Waals surface area contributed by atoms with Gasteiger partial charge < -0.3 is 18.9 Å². The molecule has 1 aromatic carbocycles. The van der Waals surface area contributed by atoms with Gasteiger partial charge in [-0.3, -0.25) is 9.59 Å². The second-order valence-electron chi connectivity index (χ2n) is 9.96. The molecule has 3 aliphatic heterocycles. The van der Waals surface area contributed by atoms with Crippen LogP contribution in [0.2, 0.25) is 0 Å². The summed E-state index contributed by atoms with van der Waals surface area (Å²) in [6.45, 7) is 2.58. The number of rotatable bonds is 5. The molecule has 2 aromatic rings. The zero-order valence-corrected chi connectivity index (χ0v) is 20.4. The number of fused-ring (bicyclic) bond motifs is 1. The van der Waals surface area contributed by atoms with Crippen molar-refractivity contribution in [3.63, 3.8) is 0 Å². The van der Waals surface area contributed by atoms with Gasteiger partial charge in [0.25, 0.3) is 5.91 Å². The molecule has 0 aliphatic carbocycles. The van der Waals surface area contributed by atoms with Gasteiger partial charge in [0.1, 0.15) is 12.2 Å². The Hall–Kier alpha value is -3.09. The highest BCUT2D eigenvalue weighted by Crippen LogP contribution is 2.39. The third-order valence-electron chi connectivity index (χ3n) is 7.80. The first-order valence-corrected chi connectivity index (χ1v) is 13.0. The Morgan fingerprint density at radius 1 is 1.00 bits per heavy atom. The number of hydrogen-bond acceptors (Lipinski definition) is 5. The highest BCUT2D eigenvalue weighted by atomic mass is 16.5. The van der Waals surface area contributed by atoms with Crippen molar-refractivity contribution in [3.8, 4) is 5.75 Å². The van der Waals surface area contributed by atoms with Gasteiger partial charge in [-0.15, -0.1) is 0 Å². The molecule has 3 atom stereocenters. The van der Waals surface area contributed by atoms with Gasteiger partial charge in [0, 0.05) is 18.8 Å². The van der Waals surface area contributed by atoms with Crippen molar-refractivity contribution < 1.29 is 19.1 Å². The lowest BCUT2D eigenvalue weighted by Gasteiger charge is -2.44. The maximum atomic E-state index is 14.1. The number of hydrogen-bond donors (Lipinski definition) is 0. The fourth-order valence-corrected chi connectivity index (χ4v) is 6.13. The van der Waals surface area contributed by atoms with E-state index in [4.69, 9.17) is 9.47 Å². The van der Waals surface area contributed by atoms with Gasteiger partial charge in [-0.25, -0.2) is 4.79 Å². The Labute approximate surface area is 206 Å². The van der Waals surface area contributed by atoms with Crippen LogP contribution < -0.4 is 10.2 Å². The topological polar surface area (TPSA) is 77.8 Å². The molecule has 7 nitrogen and oxygen atoms in total. The number of benzene rings is 1. The van der Waals surface area contributed by atoms with E-state index in [0.717, 1.165) is 44.1 Å². The number of carbonyl (C=O) groups is 2. The summed E-state index contributed by atoms with van der Waals surface area (Å²) in [4.78, 5) is 42.4. The van der Waals surface area contributed by atoms with Crippen molar-refractivity contribution in [2.24, 2.45) is 5.92 Å². The second kappa shape index (κ2) is 10.3. The maximum absolute atomic E-state index is 14.1. The van der Waals surface area contributed by atoms with Crippen molar-refractivity contribution >= 4 is 11.9 Å². The van der Waals surface area contributed by atoms with Crippen LogP contribution in [0, 0.1) is 5.92 Å². The van der Waals surface area contributed by atoms with Crippen LogP contribution in [-0.4, -0.2) is 40.0 Å². The van der Waals surface area contributed by atoms with E-state index in [0.29, 0.717) is 12.5 Å². The Kier molecular flexibility index (Phi) is 6.93. The van der Waals surface area contributed by atoms with Crippen LogP contribution in [0.5, 0.6) is 5.75 Å². The predicted molar refractivity (Wildman–Crippen MR) is 132 cm³/mol. The summed E-state index contributed by atoms with van der Waals surface area (Å²) in [6, 6.07) is 9.77. The standard InChI is InChI=1S/C28H34N2O5/c1-2-34-28(33)22-16-29-17-23-20-12-7-4-8-14-21(15-9-13-20)30(23)27(32)24(29)26(25(22)31)35-18-19-10-5-3-6-11-19/h3,5-6,10-11,16,20-21,23H,2,4,7-9,12-15,17-18H2,1H3. The average Bonchev–Trinajstić information content (AvgIpc) is 2.98. The fourth-order valence-electron chi connectivity index (χ4n) is 6.13. The molecule has 35 heavy (non-hydrogen) atoms. The molecule has 2 fully saturated rings. The largest absolute Gasteiger partial charge is 0.483 e. The van der Waals surface area contributed by atoms with E-state index in [1.54, 1.807) is 11.5 Å². The summed E-state index contributed by atoms with van der Waals surface area (Å²) < 4.78 is 13.0. The highest BCUT2D eigenvalue weighted by Gasteiger charge is 2.44. The lowest BCUT2D eigenvalue weighted by molar-refractivity contribution is 0.0359. The minimum Gasteiger partial charge on any atom is -0.483 e. The third kappa shape index (κ3) is 4.60. The van der Waals surface area contributed by atoms with E-state index in [9.17, 15) is 14.4 Å². The van der Waals surface area contributed by atoms with Crippen LogP contribution in [-0.2, 0) is 17.9 Å². The molecule has 3 unspecified atom stereocenters. The smallest absolute Gasteiger partial charge is 0.343 e. The Bertz CT molecular complexity index is 1140. The number of aromatic nitrogens is 1. The molecule has 2 bridgehead atoms. The van der Waals surface area contributed by atoms with Crippen LogP contribution in [0.1, 0.15) is 84.7 Å². The van der Waals surface area contributed by atoms with E-state index in [2.05, 4.69) is 4.90 Å². The molecule has 186 valence electrons. The van der Waals surface area contributed by atoms with Gasteiger partial charge in [-0.05, 0) is 44.1 Å². The summed E-state index contributed by atoms with van der Waals surface area (Å²) in [7, 11) is 0. The maximum Gasteiger partial charge on any atom is 0.343 e. The van der Waals surface area contributed by atoms with Crippen molar-refractivity contribution in [1.82, 2.24) is 9.47 Å². The molecule has 1 aromatic heterocycles. The predicted octanol–water partition coefficient (Wildman–Crippen LogP) is 4.56. The Morgan fingerprint density at radius 3 is 2.54 bits per heavy atom. The molecular weight excluding hydrogens is 444 g/mol. The lowest BCUT2D eigenvalue weighted by Crippen LogP contribution is -2.55. The quantitative estimate of drug-likeness (QED) is 0.589. The number of carbonyl (C=O) groups excluding carboxylic acids is 2. The molecule has 4 heterocycles. The van der Waals surface area contributed by atoms with Gasteiger partial charge in [-0.2, -0.15) is 0 Å². The Morgan fingerprint density at radius 2 is 1.74 bits per heavy atom. The zero-order valence-electron chi connectivity index (χ0n) is 20.4. The van der Waals surface area contributed by atoms with Crippen LogP contribution >= 0.6 is 0 Å². The van der Waals surface area contributed by atoms with Gasteiger partial charge in [-0.1, -0.05) is 56.0 Å². The van der Waals surface area contributed by atoms with Gasteiger partial charge in [0.05, 0.1) is 12.6 Å². The minimum atomic E-state index is -0.680. The molecule has 0 radical (unpaired) electrons. The third-order valence-corrected chi connectivity index (χ3v) is 7.80. The van der Waals surface area contributed by atoms with Crippen LogP contribution in [0.15, 0.2) is 41.3 Å². The van der Waals surface area contributed by atoms with Gasteiger partial charge in [0.15, 0.2) is 11.4 Å². The van der Waals surface area contributed by atoms with Crippen LogP contribution in [0.25, 0.3) is 0 Å². The normalized spacial score (nSPS) is 23.9.